The highest BCUT2D eigenvalue weighted by atomic mass is 16.1. The Morgan fingerprint density at radius 2 is 1.80 bits per heavy atom. The van der Waals surface area contributed by atoms with Crippen molar-refractivity contribution < 1.29 is 0 Å². The SMILES string of the molecule is Cc1cc(C)c(CNc2nc3c(cnn3C(C)(C)C)c(=O)[nH]2)c(C)c1. The van der Waals surface area contributed by atoms with Crippen LogP contribution in [0, 0.1) is 20.8 Å². The third-order valence-corrected chi connectivity index (χ3v) is 4.35. The van der Waals surface area contributed by atoms with Crippen molar-refractivity contribution in [2.24, 2.45) is 0 Å². The van der Waals surface area contributed by atoms with Crippen LogP contribution in [0.2, 0.25) is 0 Å². The molecule has 2 heterocycles. The van der Waals surface area contributed by atoms with Crippen molar-refractivity contribution in [2.75, 3.05) is 5.32 Å². The first-order valence-electron chi connectivity index (χ1n) is 8.46. The van der Waals surface area contributed by atoms with Crippen LogP contribution >= 0.6 is 0 Å². The Hall–Kier alpha value is -2.63. The maximum Gasteiger partial charge on any atom is 0.263 e. The molecule has 0 bridgehead atoms. The van der Waals surface area contributed by atoms with Crippen LogP contribution in [0.25, 0.3) is 11.0 Å². The molecule has 6 heteroatoms. The number of nitrogens with one attached hydrogen (secondary N) is 2. The second kappa shape index (κ2) is 6.02. The zero-order valence-electron chi connectivity index (χ0n) is 15.7. The average Bonchev–Trinajstić information content (AvgIpc) is 2.90. The second-order valence-corrected chi connectivity index (χ2v) is 7.61. The van der Waals surface area contributed by atoms with Crippen molar-refractivity contribution in [2.45, 2.75) is 53.6 Å². The quantitative estimate of drug-likeness (QED) is 0.767. The predicted octanol–water partition coefficient (Wildman–Crippen LogP) is 3.41. The van der Waals surface area contributed by atoms with Crippen molar-refractivity contribution >= 4 is 17.0 Å². The van der Waals surface area contributed by atoms with Crippen molar-refractivity contribution in [3.05, 3.63) is 50.9 Å². The van der Waals surface area contributed by atoms with Crippen molar-refractivity contribution in [1.29, 1.82) is 0 Å². The zero-order chi connectivity index (χ0) is 18.4. The standard InChI is InChI=1S/C19H25N5O/c1-11-7-12(2)14(13(3)8-11)9-20-18-22-16-15(17(25)23-18)10-21-24(16)19(4,5)6/h7-8,10H,9H2,1-6H3,(H2,20,22,23,25). The Morgan fingerprint density at radius 1 is 1.16 bits per heavy atom. The molecule has 1 aromatic carbocycles. The first kappa shape index (κ1) is 17.2. The number of aromatic amines is 1. The lowest BCUT2D eigenvalue weighted by Crippen LogP contribution is -2.24. The summed E-state index contributed by atoms with van der Waals surface area (Å²) in [7, 11) is 0. The van der Waals surface area contributed by atoms with Gasteiger partial charge in [-0.15, -0.1) is 0 Å². The van der Waals surface area contributed by atoms with Crippen LogP contribution in [0.15, 0.2) is 23.1 Å². The fraction of sp³-hybridized carbons (Fsp3) is 0.421. The molecule has 0 atom stereocenters. The number of hydrogen-bond donors (Lipinski definition) is 2. The number of H-pyrrole nitrogens is 1. The Balaban J connectivity index is 1.96. The number of anilines is 1. The van der Waals surface area contributed by atoms with Crippen LogP contribution in [-0.4, -0.2) is 19.7 Å². The largest absolute Gasteiger partial charge is 0.352 e. The molecule has 6 nitrogen and oxygen atoms in total. The molecule has 0 saturated heterocycles. The van der Waals surface area contributed by atoms with E-state index < -0.39 is 0 Å². The molecular weight excluding hydrogens is 314 g/mol. The first-order chi connectivity index (χ1) is 11.7. The summed E-state index contributed by atoms with van der Waals surface area (Å²) in [4.78, 5) is 19.7. The van der Waals surface area contributed by atoms with Gasteiger partial charge in [0.15, 0.2) is 5.65 Å². The number of hydrogen-bond acceptors (Lipinski definition) is 4. The van der Waals surface area contributed by atoms with Crippen LogP contribution in [0.1, 0.15) is 43.0 Å². The number of aryl methyl sites for hydroxylation is 3. The topological polar surface area (TPSA) is 75.6 Å². The van der Waals surface area contributed by atoms with E-state index in [0.29, 0.717) is 23.5 Å². The van der Waals surface area contributed by atoms with E-state index in [1.54, 1.807) is 10.9 Å². The Morgan fingerprint density at radius 3 is 2.40 bits per heavy atom. The van der Waals surface area contributed by atoms with Gasteiger partial charge in [-0.25, -0.2) is 4.68 Å². The van der Waals surface area contributed by atoms with Gasteiger partial charge >= 0.3 is 0 Å². The van der Waals surface area contributed by atoms with Gasteiger partial charge in [-0.3, -0.25) is 9.78 Å². The van der Waals surface area contributed by atoms with E-state index in [-0.39, 0.29) is 11.1 Å². The zero-order valence-corrected chi connectivity index (χ0v) is 15.7. The molecule has 2 N–H and O–H groups in total. The van der Waals surface area contributed by atoms with E-state index in [4.69, 9.17) is 0 Å². The van der Waals surface area contributed by atoms with Gasteiger partial charge in [0.1, 0.15) is 5.39 Å². The number of nitrogens with zero attached hydrogens (tertiary/aromatic N) is 3. The van der Waals surface area contributed by atoms with Crippen molar-refractivity contribution in [1.82, 2.24) is 19.7 Å². The molecule has 0 amide bonds. The molecule has 2 aromatic heterocycles. The van der Waals surface area contributed by atoms with E-state index >= 15 is 0 Å². The van der Waals surface area contributed by atoms with Gasteiger partial charge < -0.3 is 5.32 Å². The Kier molecular flexibility index (Phi) is 4.14. The second-order valence-electron chi connectivity index (χ2n) is 7.61. The van der Waals surface area contributed by atoms with Crippen LogP contribution in [0.3, 0.4) is 0 Å². The van der Waals surface area contributed by atoms with Gasteiger partial charge in [-0.2, -0.15) is 10.1 Å². The molecule has 0 aliphatic rings. The minimum Gasteiger partial charge on any atom is -0.352 e. The summed E-state index contributed by atoms with van der Waals surface area (Å²) in [5, 5.41) is 8.09. The fourth-order valence-corrected chi connectivity index (χ4v) is 3.15. The maximum atomic E-state index is 12.3. The van der Waals surface area contributed by atoms with Gasteiger partial charge in [-0.1, -0.05) is 17.7 Å². The van der Waals surface area contributed by atoms with Gasteiger partial charge in [-0.05, 0) is 58.2 Å². The highest BCUT2D eigenvalue weighted by Gasteiger charge is 2.19. The summed E-state index contributed by atoms with van der Waals surface area (Å²) in [6.45, 7) is 13.0. The van der Waals surface area contributed by atoms with E-state index in [2.05, 4.69) is 53.3 Å². The highest BCUT2D eigenvalue weighted by Crippen LogP contribution is 2.20. The molecule has 0 aliphatic heterocycles. The molecular formula is C19H25N5O. The lowest BCUT2D eigenvalue weighted by Gasteiger charge is -2.20. The monoisotopic (exact) mass is 339 g/mol. The maximum absolute atomic E-state index is 12.3. The molecule has 0 spiro atoms. The van der Waals surface area contributed by atoms with Gasteiger partial charge in [0, 0.05) is 6.54 Å². The number of aromatic nitrogens is 4. The fourth-order valence-electron chi connectivity index (χ4n) is 3.15. The van der Waals surface area contributed by atoms with E-state index in [1.807, 2.05) is 20.8 Å². The predicted molar refractivity (Wildman–Crippen MR) is 101 cm³/mol. The van der Waals surface area contributed by atoms with Gasteiger partial charge in [0.2, 0.25) is 5.95 Å². The van der Waals surface area contributed by atoms with Gasteiger partial charge in [0.05, 0.1) is 11.7 Å². The lowest BCUT2D eigenvalue weighted by atomic mass is 10.00. The summed E-state index contributed by atoms with van der Waals surface area (Å²) in [5.41, 5.74) is 5.10. The minimum atomic E-state index is -0.246. The molecule has 3 aromatic rings. The molecule has 0 fully saturated rings. The third kappa shape index (κ3) is 3.29. The average molecular weight is 339 g/mol. The summed E-state index contributed by atoms with van der Waals surface area (Å²) < 4.78 is 1.78. The molecule has 3 rings (SSSR count). The van der Waals surface area contributed by atoms with Crippen LogP contribution < -0.4 is 10.9 Å². The van der Waals surface area contributed by atoms with Crippen LogP contribution in [-0.2, 0) is 12.1 Å². The van der Waals surface area contributed by atoms with Crippen molar-refractivity contribution in [3.63, 3.8) is 0 Å². The number of rotatable bonds is 3. The lowest BCUT2D eigenvalue weighted by molar-refractivity contribution is 0.366. The normalized spacial score (nSPS) is 11.9. The Labute approximate surface area is 147 Å². The van der Waals surface area contributed by atoms with E-state index in [1.165, 1.54) is 22.3 Å². The van der Waals surface area contributed by atoms with Crippen LogP contribution in [0.5, 0.6) is 0 Å². The minimum absolute atomic E-state index is 0.180. The van der Waals surface area contributed by atoms with Crippen molar-refractivity contribution in [3.8, 4) is 0 Å². The third-order valence-electron chi connectivity index (χ3n) is 4.35. The number of fused-ring (bicyclic) bond motifs is 1. The first-order valence-corrected chi connectivity index (χ1v) is 8.46. The summed E-state index contributed by atoms with van der Waals surface area (Å²) in [6, 6.07) is 4.33. The van der Waals surface area contributed by atoms with Gasteiger partial charge in [0.25, 0.3) is 5.56 Å². The summed E-state index contributed by atoms with van der Waals surface area (Å²) in [6.07, 6.45) is 1.57. The molecule has 0 unspecified atom stereocenters. The molecule has 0 aliphatic carbocycles. The van der Waals surface area contributed by atoms with Crippen LogP contribution in [0.4, 0.5) is 5.95 Å². The Bertz CT molecular complexity index is 968. The van der Waals surface area contributed by atoms with E-state index in [0.717, 1.165) is 0 Å². The molecule has 132 valence electrons. The summed E-state index contributed by atoms with van der Waals surface area (Å²) >= 11 is 0. The van der Waals surface area contributed by atoms with E-state index in [9.17, 15) is 4.79 Å². The summed E-state index contributed by atoms with van der Waals surface area (Å²) in [5.74, 6) is 0.461. The smallest absolute Gasteiger partial charge is 0.263 e. The molecule has 25 heavy (non-hydrogen) atoms. The molecule has 0 saturated carbocycles. The molecule has 0 radical (unpaired) electrons. The highest BCUT2D eigenvalue weighted by molar-refractivity contribution is 5.74. The number of benzene rings is 1.